The van der Waals surface area contributed by atoms with Gasteiger partial charge in [-0.05, 0) is 31.5 Å². The molecule has 4 nitrogen and oxygen atoms in total. The molecule has 0 aliphatic heterocycles. The van der Waals surface area contributed by atoms with Gasteiger partial charge in [0.2, 0.25) is 0 Å². The largest absolute Gasteiger partial charge is 0.494 e. The molecule has 0 bridgehead atoms. The molecule has 0 unspecified atom stereocenters. The molecule has 0 aromatic heterocycles. The SMILES string of the molecule is CCCCCCCCCCCCCCCCOc1ccc(C=O)c(C(=O)OCC)c1. The maximum absolute atomic E-state index is 12.0. The molecule has 0 aliphatic carbocycles. The van der Waals surface area contributed by atoms with Gasteiger partial charge >= 0.3 is 5.97 Å². The lowest BCUT2D eigenvalue weighted by Gasteiger charge is -2.09. The fourth-order valence-electron chi connectivity index (χ4n) is 3.60. The molecule has 0 N–H and O–H groups in total. The van der Waals surface area contributed by atoms with Gasteiger partial charge in [0, 0.05) is 5.56 Å². The van der Waals surface area contributed by atoms with Crippen LogP contribution in [0.4, 0.5) is 0 Å². The molecule has 4 heteroatoms. The van der Waals surface area contributed by atoms with Gasteiger partial charge in [-0.2, -0.15) is 0 Å². The molecule has 0 saturated carbocycles. The number of hydrogen-bond acceptors (Lipinski definition) is 4. The Morgan fingerprint density at radius 1 is 0.800 bits per heavy atom. The van der Waals surface area contributed by atoms with Gasteiger partial charge in [-0.25, -0.2) is 4.79 Å². The highest BCUT2D eigenvalue weighted by Gasteiger charge is 2.13. The van der Waals surface area contributed by atoms with Crippen molar-refractivity contribution in [2.24, 2.45) is 0 Å². The van der Waals surface area contributed by atoms with Crippen molar-refractivity contribution in [1.29, 1.82) is 0 Å². The van der Waals surface area contributed by atoms with Gasteiger partial charge in [-0.1, -0.05) is 90.4 Å². The van der Waals surface area contributed by atoms with Gasteiger partial charge in [-0.15, -0.1) is 0 Å². The van der Waals surface area contributed by atoms with Gasteiger partial charge in [0.1, 0.15) is 5.75 Å². The molecule has 0 amide bonds. The summed E-state index contributed by atoms with van der Waals surface area (Å²) in [4.78, 5) is 23.1. The third-order valence-electron chi connectivity index (χ3n) is 5.41. The van der Waals surface area contributed by atoms with E-state index < -0.39 is 5.97 Å². The van der Waals surface area contributed by atoms with Crippen molar-refractivity contribution in [3.8, 4) is 5.75 Å². The number of rotatable bonds is 19. The summed E-state index contributed by atoms with van der Waals surface area (Å²) in [6, 6.07) is 4.95. The molecule has 0 aliphatic rings. The van der Waals surface area contributed by atoms with Crippen LogP contribution in [0, 0.1) is 0 Å². The van der Waals surface area contributed by atoms with Crippen LogP contribution in [-0.4, -0.2) is 25.5 Å². The summed E-state index contributed by atoms with van der Waals surface area (Å²) in [7, 11) is 0. The summed E-state index contributed by atoms with van der Waals surface area (Å²) in [6.07, 6.45) is 19.3. The zero-order valence-corrected chi connectivity index (χ0v) is 19.3. The van der Waals surface area contributed by atoms with Crippen LogP contribution in [0.25, 0.3) is 0 Å². The highest BCUT2D eigenvalue weighted by atomic mass is 16.5. The van der Waals surface area contributed by atoms with E-state index in [4.69, 9.17) is 9.47 Å². The quantitative estimate of drug-likeness (QED) is 0.132. The van der Waals surface area contributed by atoms with Crippen LogP contribution >= 0.6 is 0 Å². The van der Waals surface area contributed by atoms with Gasteiger partial charge in [0.15, 0.2) is 6.29 Å². The third-order valence-corrected chi connectivity index (χ3v) is 5.41. The van der Waals surface area contributed by atoms with Crippen molar-refractivity contribution in [1.82, 2.24) is 0 Å². The number of unbranched alkanes of at least 4 members (excludes halogenated alkanes) is 13. The van der Waals surface area contributed by atoms with E-state index in [9.17, 15) is 9.59 Å². The summed E-state index contributed by atoms with van der Waals surface area (Å²) in [5, 5.41) is 0. The van der Waals surface area contributed by atoms with E-state index in [-0.39, 0.29) is 12.2 Å². The van der Waals surface area contributed by atoms with E-state index >= 15 is 0 Å². The first-order valence-corrected chi connectivity index (χ1v) is 12.1. The second-order valence-corrected chi connectivity index (χ2v) is 8.03. The second kappa shape index (κ2) is 18.0. The van der Waals surface area contributed by atoms with Crippen molar-refractivity contribution >= 4 is 12.3 Å². The Bertz CT molecular complexity index is 582. The van der Waals surface area contributed by atoms with E-state index in [1.165, 1.54) is 77.0 Å². The van der Waals surface area contributed by atoms with Crippen LogP contribution in [0.5, 0.6) is 5.75 Å². The maximum Gasteiger partial charge on any atom is 0.338 e. The average molecular weight is 419 g/mol. The van der Waals surface area contributed by atoms with Crippen molar-refractivity contribution < 1.29 is 19.1 Å². The van der Waals surface area contributed by atoms with Gasteiger partial charge in [-0.3, -0.25) is 4.79 Å². The summed E-state index contributed by atoms with van der Waals surface area (Å²) < 4.78 is 10.8. The Labute approximate surface area is 183 Å². The van der Waals surface area contributed by atoms with Crippen molar-refractivity contribution in [2.45, 2.75) is 104 Å². The molecule has 30 heavy (non-hydrogen) atoms. The minimum absolute atomic E-state index is 0.269. The fraction of sp³-hybridized carbons (Fsp3) is 0.692. The van der Waals surface area contributed by atoms with Crippen LogP contribution < -0.4 is 4.74 Å². The van der Waals surface area contributed by atoms with Crippen LogP contribution in [0.3, 0.4) is 0 Å². The summed E-state index contributed by atoms with van der Waals surface area (Å²) in [5.74, 6) is 0.125. The van der Waals surface area contributed by atoms with Gasteiger partial charge in [0.05, 0.1) is 18.8 Å². The van der Waals surface area contributed by atoms with E-state index in [0.29, 0.717) is 24.2 Å². The topological polar surface area (TPSA) is 52.6 Å². The summed E-state index contributed by atoms with van der Waals surface area (Å²) in [5.41, 5.74) is 0.600. The predicted octanol–water partition coefficient (Wildman–Crippen LogP) is 7.54. The molecule has 0 fully saturated rings. The van der Waals surface area contributed by atoms with E-state index in [1.54, 1.807) is 25.1 Å². The molecule has 1 rings (SSSR count). The molecular weight excluding hydrogens is 376 g/mol. The Morgan fingerprint density at radius 2 is 1.33 bits per heavy atom. The normalized spacial score (nSPS) is 10.7. The number of ether oxygens (including phenoxy) is 2. The molecule has 0 heterocycles. The van der Waals surface area contributed by atoms with Gasteiger partial charge < -0.3 is 9.47 Å². The van der Waals surface area contributed by atoms with Crippen LogP contribution in [0.2, 0.25) is 0 Å². The van der Waals surface area contributed by atoms with Crippen LogP contribution in [0.1, 0.15) is 124 Å². The maximum atomic E-state index is 12.0. The Kier molecular flexibility index (Phi) is 15.7. The lowest BCUT2D eigenvalue weighted by molar-refractivity contribution is 0.0523. The predicted molar refractivity (Wildman–Crippen MR) is 124 cm³/mol. The highest BCUT2D eigenvalue weighted by molar-refractivity contribution is 5.98. The summed E-state index contributed by atoms with van der Waals surface area (Å²) in [6.45, 7) is 4.92. The zero-order chi connectivity index (χ0) is 21.9. The Balaban J connectivity index is 2.04. The number of hydrogen-bond donors (Lipinski definition) is 0. The molecule has 0 saturated heterocycles. The van der Waals surface area contributed by atoms with Crippen LogP contribution in [0.15, 0.2) is 18.2 Å². The molecule has 0 radical (unpaired) electrons. The number of esters is 1. The molecule has 0 spiro atoms. The lowest BCUT2D eigenvalue weighted by atomic mass is 10.0. The van der Waals surface area contributed by atoms with Crippen molar-refractivity contribution in [3.05, 3.63) is 29.3 Å². The number of carbonyl (C=O) groups excluding carboxylic acids is 2. The standard InChI is InChI=1S/C26H42O4/c1-3-5-6-7-8-9-10-11-12-13-14-15-16-17-20-30-24-19-18-23(22-27)25(21-24)26(28)29-4-2/h18-19,21-22H,3-17,20H2,1-2H3. The van der Waals surface area contributed by atoms with Crippen molar-refractivity contribution in [2.75, 3.05) is 13.2 Å². The molecule has 0 atom stereocenters. The first-order valence-electron chi connectivity index (χ1n) is 12.1. The summed E-state index contributed by atoms with van der Waals surface area (Å²) >= 11 is 0. The van der Waals surface area contributed by atoms with E-state index in [1.807, 2.05) is 0 Å². The number of aldehydes is 1. The van der Waals surface area contributed by atoms with Crippen LogP contribution in [-0.2, 0) is 4.74 Å². The van der Waals surface area contributed by atoms with Crippen molar-refractivity contribution in [3.63, 3.8) is 0 Å². The zero-order valence-electron chi connectivity index (χ0n) is 19.3. The first-order chi connectivity index (χ1) is 14.7. The van der Waals surface area contributed by atoms with Gasteiger partial charge in [0.25, 0.3) is 0 Å². The second-order valence-electron chi connectivity index (χ2n) is 8.03. The smallest absolute Gasteiger partial charge is 0.338 e. The fourth-order valence-corrected chi connectivity index (χ4v) is 3.60. The molecule has 1 aromatic rings. The molecular formula is C26H42O4. The monoisotopic (exact) mass is 418 g/mol. The molecule has 1 aromatic carbocycles. The highest BCUT2D eigenvalue weighted by Crippen LogP contribution is 2.19. The molecule has 170 valence electrons. The minimum Gasteiger partial charge on any atom is -0.494 e. The third kappa shape index (κ3) is 12.0. The van der Waals surface area contributed by atoms with E-state index in [0.717, 1.165) is 12.8 Å². The Morgan fingerprint density at radius 3 is 1.83 bits per heavy atom. The minimum atomic E-state index is -0.485. The number of carbonyl (C=O) groups is 2. The first kappa shape index (κ1) is 26.2. The lowest BCUT2D eigenvalue weighted by Crippen LogP contribution is -2.08. The average Bonchev–Trinajstić information content (AvgIpc) is 2.76. The number of benzene rings is 1. The van der Waals surface area contributed by atoms with E-state index in [2.05, 4.69) is 6.92 Å². The Hall–Kier alpha value is -1.84.